The summed E-state index contributed by atoms with van der Waals surface area (Å²) in [6.07, 6.45) is 12.9. The van der Waals surface area contributed by atoms with Crippen molar-refractivity contribution < 1.29 is 4.58 Å². The summed E-state index contributed by atoms with van der Waals surface area (Å²) in [4.78, 5) is 0. The van der Waals surface area contributed by atoms with Crippen LogP contribution < -0.4 is 0 Å². The van der Waals surface area contributed by atoms with Crippen LogP contribution in [-0.2, 0) is 32.2 Å². The van der Waals surface area contributed by atoms with Gasteiger partial charge in [0.1, 0.15) is 0 Å². The molecule has 1 nitrogen and oxygen atoms in total. The van der Waals surface area contributed by atoms with Crippen LogP contribution in [0.3, 0.4) is 0 Å². The van der Waals surface area contributed by atoms with Crippen LogP contribution in [0.4, 0.5) is 0 Å². The molecule has 0 saturated carbocycles. The molecule has 2 aromatic carbocycles. The molecule has 0 radical (unpaired) electrons. The summed E-state index contributed by atoms with van der Waals surface area (Å²) in [7, 11) is 0. The molecular weight excluding hydrogens is 350 g/mol. The lowest BCUT2D eigenvalue weighted by Crippen LogP contribution is -2.35. The van der Waals surface area contributed by atoms with E-state index in [2.05, 4.69) is 62.8 Å². The maximum Gasteiger partial charge on any atom is 0.171 e. The fourth-order valence-electron chi connectivity index (χ4n) is 5.74. The van der Waals surface area contributed by atoms with Crippen molar-refractivity contribution in [1.29, 1.82) is 0 Å². The molecule has 0 spiro atoms. The maximum atomic E-state index is 2.62. The van der Waals surface area contributed by atoms with Crippen LogP contribution in [0.2, 0.25) is 0 Å². The third-order valence-electron chi connectivity index (χ3n) is 7.84. The highest BCUT2D eigenvalue weighted by Crippen LogP contribution is 2.42. The number of aryl methyl sites for hydroxylation is 2. The van der Waals surface area contributed by atoms with E-state index in [1.807, 2.05) is 0 Å². The second-order valence-corrected chi connectivity index (χ2v) is 10.7. The molecule has 0 amide bonds. The standard InChI is InChI=1S/C28H36N/c1-19(28(2,3)4)29-17-22-15-13-20-9-5-7-11-24(20)26(22)27-23(18-29)16-14-21-10-6-8-12-25(21)27/h13-17,19H,5-12,18H2,1-4H3/q+1/t19-/m0/s1. The van der Waals surface area contributed by atoms with Crippen LogP contribution in [0.15, 0.2) is 24.3 Å². The molecule has 152 valence electrons. The largest absolute Gasteiger partial charge is 0.228 e. The molecule has 5 rings (SSSR count). The SMILES string of the molecule is C[C@H]([N+]1=Cc2ccc3c(c2-c2c(ccc4c2CCCC4)C1)CCCC3)C(C)(C)C. The van der Waals surface area contributed by atoms with E-state index in [4.69, 9.17) is 0 Å². The number of hydrogen-bond donors (Lipinski definition) is 0. The van der Waals surface area contributed by atoms with E-state index in [0.717, 1.165) is 6.54 Å². The van der Waals surface area contributed by atoms with E-state index < -0.39 is 0 Å². The van der Waals surface area contributed by atoms with E-state index >= 15 is 0 Å². The summed E-state index contributed by atoms with van der Waals surface area (Å²) in [5.41, 5.74) is 13.0. The van der Waals surface area contributed by atoms with E-state index in [0.29, 0.717) is 6.04 Å². The Kier molecular flexibility index (Phi) is 4.68. The molecule has 2 aromatic rings. The van der Waals surface area contributed by atoms with Gasteiger partial charge in [0.2, 0.25) is 0 Å². The van der Waals surface area contributed by atoms with E-state index in [1.165, 1.54) is 56.9 Å². The Hall–Kier alpha value is -1.89. The number of rotatable bonds is 1. The van der Waals surface area contributed by atoms with E-state index in [9.17, 15) is 0 Å². The third-order valence-corrected chi connectivity index (χ3v) is 7.84. The Labute approximate surface area is 176 Å². The molecule has 0 N–H and O–H groups in total. The molecule has 1 heterocycles. The lowest BCUT2D eigenvalue weighted by molar-refractivity contribution is -0.587. The van der Waals surface area contributed by atoms with Gasteiger partial charge in [-0.05, 0) is 97.7 Å². The van der Waals surface area contributed by atoms with Crippen molar-refractivity contribution in [3.8, 4) is 11.1 Å². The molecule has 29 heavy (non-hydrogen) atoms. The van der Waals surface area contributed by atoms with Crippen LogP contribution in [0.1, 0.15) is 86.8 Å². The second-order valence-electron chi connectivity index (χ2n) is 10.7. The summed E-state index contributed by atoms with van der Waals surface area (Å²) >= 11 is 0. The van der Waals surface area contributed by atoms with Gasteiger partial charge in [-0.15, -0.1) is 0 Å². The van der Waals surface area contributed by atoms with Crippen LogP contribution in [-0.4, -0.2) is 16.8 Å². The van der Waals surface area contributed by atoms with Crippen molar-refractivity contribution in [1.82, 2.24) is 0 Å². The van der Waals surface area contributed by atoms with Crippen LogP contribution in [0.5, 0.6) is 0 Å². The van der Waals surface area contributed by atoms with Gasteiger partial charge in [0, 0.05) is 16.5 Å². The third kappa shape index (κ3) is 3.27. The first-order valence-corrected chi connectivity index (χ1v) is 11.8. The van der Waals surface area contributed by atoms with Gasteiger partial charge >= 0.3 is 0 Å². The summed E-state index contributed by atoms with van der Waals surface area (Å²) in [6.45, 7) is 10.6. The summed E-state index contributed by atoms with van der Waals surface area (Å²) < 4.78 is 2.62. The molecule has 0 aromatic heterocycles. The Morgan fingerprint density at radius 3 is 1.93 bits per heavy atom. The van der Waals surface area contributed by atoms with Crippen LogP contribution in [0.25, 0.3) is 11.1 Å². The van der Waals surface area contributed by atoms with Crippen molar-refractivity contribution >= 4 is 6.21 Å². The predicted molar refractivity (Wildman–Crippen MR) is 123 cm³/mol. The second kappa shape index (κ2) is 7.11. The molecule has 0 saturated heterocycles. The van der Waals surface area contributed by atoms with Gasteiger partial charge in [0.05, 0.1) is 0 Å². The molecule has 0 bridgehead atoms. The minimum atomic E-state index is 0.254. The highest BCUT2D eigenvalue weighted by Gasteiger charge is 2.34. The minimum Gasteiger partial charge on any atom is -0.228 e. The number of fused-ring (bicyclic) bond motifs is 7. The van der Waals surface area contributed by atoms with Gasteiger partial charge in [-0.25, -0.2) is 4.58 Å². The summed E-state index contributed by atoms with van der Waals surface area (Å²) in [5.74, 6) is 0. The first-order valence-electron chi connectivity index (χ1n) is 11.8. The van der Waals surface area contributed by atoms with Crippen molar-refractivity contribution in [2.75, 3.05) is 0 Å². The average Bonchev–Trinajstić information content (AvgIpc) is 2.89. The van der Waals surface area contributed by atoms with Crippen molar-refractivity contribution in [3.63, 3.8) is 0 Å². The molecule has 0 fully saturated rings. The number of benzene rings is 2. The molecular formula is C28H36N+. The van der Waals surface area contributed by atoms with Crippen LogP contribution >= 0.6 is 0 Å². The Balaban J connectivity index is 1.79. The molecule has 3 aliphatic rings. The fourth-order valence-corrected chi connectivity index (χ4v) is 5.74. The van der Waals surface area contributed by atoms with E-state index in [1.54, 1.807) is 38.9 Å². The quantitative estimate of drug-likeness (QED) is 0.493. The zero-order valence-corrected chi connectivity index (χ0v) is 18.8. The molecule has 0 unspecified atom stereocenters. The smallest absolute Gasteiger partial charge is 0.171 e. The zero-order valence-electron chi connectivity index (χ0n) is 18.8. The molecule has 2 aliphatic carbocycles. The molecule has 1 atom stereocenters. The normalized spacial score (nSPS) is 19.2. The van der Waals surface area contributed by atoms with Crippen molar-refractivity contribution in [2.45, 2.75) is 91.6 Å². The van der Waals surface area contributed by atoms with Crippen molar-refractivity contribution in [2.24, 2.45) is 5.41 Å². The summed E-state index contributed by atoms with van der Waals surface area (Å²) in [6, 6.07) is 10.3. The first-order chi connectivity index (χ1) is 13.9. The lowest BCUT2D eigenvalue weighted by Gasteiger charge is -2.26. The van der Waals surface area contributed by atoms with Gasteiger partial charge in [-0.3, -0.25) is 0 Å². The predicted octanol–water partition coefficient (Wildman–Crippen LogP) is 6.49. The molecule has 1 heteroatoms. The Morgan fingerprint density at radius 1 is 0.724 bits per heavy atom. The van der Waals surface area contributed by atoms with Gasteiger partial charge in [0.25, 0.3) is 0 Å². The van der Waals surface area contributed by atoms with E-state index in [-0.39, 0.29) is 5.41 Å². The van der Waals surface area contributed by atoms with Crippen molar-refractivity contribution in [3.05, 3.63) is 57.6 Å². The highest BCUT2D eigenvalue weighted by molar-refractivity contribution is 5.93. The Morgan fingerprint density at radius 2 is 1.28 bits per heavy atom. The Bertz CT molecular complexity index is 986. The minimum absolute atomic E-state index is 0.254. The summed E-state index contributed by atoms with van der Waals surface area (Å²) in [5, 5.41) is 0. The lowest BCUT2D eigenvalue weighted by atomic mass is 9.78. The van der Waals surface area contributed by atoms with Gasteiger partial charge in [-0.2, -0.15) is 0 Å². The van der Waals surface area contributed by atoms with Gasteiger partial charge in [-0.1, -0.05) is 39.0 Å². The van der Waals surface area contributed by atoms with Gasteiger partial charge in [0.15, 0.2) is 18.8 Å². The molecule has 1 aliphatic heterocycles. The zero-order chi connectivity index (χ0) is 20.2. The average molecular weight is 387 g/mol. The maximum absolute atomic E-state index is 2.62. The number of nitrogens with zero attached hydrogens (tertiary/aromatic N) is 1. The van der Waals surface area contributed by atoms with Crippen LogP contribution in [0, 0.1) is 5.41 Å². The monoisotopic (exact) mass is 386 g/mol. The topological polar surface area (TPSA) is 3.01 Å². The highest BCUT2D eigenvalue weighted by atomic mass is 15.0. The number of hydrogen-bond acceptors (Lipinski definition) is 0. The van der Waals surface area contributed by atoms with Gasteiger partial charge < -0.3 is 0 Å². The fraction of sp³-hybridized carbons (Fsp3) is 0.536. The first kappa shape index (κ1) is 19.1.